The third-order valence-electron chi connectivity index (χ3n) is 4.12. The Morgan fingerprint density at radius 3 is 2.07 bits per heavy atom. The maximum atomic E-state index is 12.7. The number of nitrogens with one attached hydrogen (secondary N) is 1. The zero-order valence-electron chi connectivity index (χ0n) is 14.8. The highest BCUT2D eigenvalue weighted by atomic mass is 32.1. The normalized spacial score (nSPS) is 10.6. The molecule has 1 amide bonds. The van der Waals surface area contributed by atoms with Gasteiger partial charge in [-0.15, -0.1) is 11.3 Å². The van der Waals surface area contributed by atoms with E-state index in [1.165, 1.54) is 4.88 Å². The molecule has 1 N–H and O–H groups in total. The van der Waals surface area contributed by atoms with Gasteiger partial charge >= 0.3 is 5.97 Å². The molecule has 0 radical (unpaired) electrons. The quantitative estimate of drug-likeness (QED) is 0.606. The number of carbonyl (C=O) groups is 2. The van der Waals surface area contributed by atoms with Crippen LogP contribution in [0.25, 0.3) is 0 Å². The minimum absolute atomic E-state index is 0.278. The molecule has 27 heavy (non-hydrogen) atoms. The van der Waals surface area contributed by atoms with E-state index in [-0.39, 0.29) is 12.5 Å². The molecule has 0 spiro atoms. The van der Waals surface area contributed by atoms with Crippen molar-refractivity contribution >= 4 is 23.2 Å². The summed E-state index contributed by atoms with van der Waals surface area (Å²) in [7, 11) is 0. The predicted octanol–water partition coefficient (Wildman–Crippen LogP) is 3.78. The SMILES string of the molecule is O=C(COC(=O)C(c1ccccc1)c1ccccc1)NCCc1cccs1. The van der Waals surface area contributed by atoms with Crippen molar-refractivity contribution in [2.45, 2.75) is 12.3 Å². The second-order valence-corrected chi connectivity index (χ2v) is 7.07. The van der Waals surface area contributed by atoms with E-state index < -0.39 is 11.9 Å². The van der Waals surface area contributed by atoms with Crippen LogP contribution in [0, 0.1) is 0 Å². The van der Waals surface area contributed by atoms with Gasteiger partial charge in [0.15, 0.2) is 6.61 Å². The van der Waals surface area contributed by atoms with E-state index in [2.05, 4.69) is 5.32 Å². The lowest BCUT2D eigenvalue weighted by Crippen LogP contribution is -2.31. The molecule has 138 valence electrons. The Hall–Kier alpha value is -2.92. The molecular weight excluding hydrogens is 358 g/mol. The molecule has 0 aliphatic rings. The van der Waals surface area contributed by atoms with Crippen molar-refractivity contribution in [3.63, 3.8) is 0 Å². The maximum absolute atomic E-state index is 12.7. The van der Waals surface area contributed by atoms with Crippen LogP contribution in [0.2, 0.25) is 0 Å². The number of thiophene rings is 1. The summed E-state index contributed by atoms with van der Waals surface area (Å²) in [5.74, 6) is -1.27. The maximum Gasteiger partial charge on any atom is 0.318 e. The van der Waals surface area contributed by atoms with E-state index in [0.717, 1.165) is 17.5 Å². The second kappa shape index (κ2) is 9.69. The summed E-state index contributed by atoms with van der Waals surface area (Å²) in [5.41, 5.74) is 1.68. The van der Waals surface area contributed by atoms with Crippen molar-refractivity contribution in [2.24, 2.45) is 0 Å². The molecule has 0 unspecified atom stereocenters. The molecule has 2 aromatic carbocycles. The van der Waals surface area contributed by atoms with Gasteiger partial charge in [-0.05, 0) is 29.0 Å². The molecule has 1 heterocycles. The zero-order chi connectivity index (χ0) is 18.9. The summed E-state index contributed by atoms with van der Waals surface area (Å²) in [6.07, 6.45) is 0.772. The molecule has 0 aliphatic heterocycles. The lowest BCUT2D eigenvalue weighted by atomic mass is 9.91. The number of carbonyl (C=O) groups excluding carboxylic acids is 2. The second-order valence-electron chi connectivity index (χ2n) is 6.04. The van der Waals surface area contributed by atoms with Crippen LogP contribution in [0.1, 0.15) is 21.9 Å². The summed E-state index contributed by atoms with van der Waals surface area (Å²) in [4.78, 5) is 25.9. The van der Waals surface area contributed by atoms with Gasteiger partial charge in [-0.3, -0.25) is 9.59 Å². The average molecular weight is 379 g/mol. The summed E-state index contributed by atoms with van der Waals surface area (Å²) in [6.45, 7) is 0.247. The Morgan fingerprint density at radius 1 is 0.889 bits per heavy atom. The summed E-state index contributed by atoms with van der Waals surface area (Å²) < 4.78 is 5.31. The lowest BCUT2D eigenvalue weighted by molar-refractivity contribution is -0.149. The Kier molecular flexibility index (Phi) is 6.77. The number of ether oxygens (including phenoxy) is 1. The van der Waals surface area contributed by atoms with Gasteiger partial charge in [-0.2, -0.15) is 0 Å². The number of hydrogen-bond acceptors (Lipinski definition) is 4. The zero-order valence-corrected chi connectivity index (χ0v) is 15.7. The first-order chi connectivity index (χ1) is 13.2. The first kappa shape index (κ1) is 18.9. The van der Waals surface area contributed by atoms with E-state index in [9.17, 15) is 9.59 Å². The molecule has 4 nitrogen and oxygen atoms in total. The summed E-state index contributed by atoms with van der Waals surface area (Å²) in [6, 6.07) is 22.9. The standard InChI is InChI=1S/C22H21NO3S/c24-20(23-14-13-19-12-7-15-27-19)16-26-22(25)21(17-8-3-1-4-9-17)18-10-5-2-6-11-18/h1-12,15,21H,13-14,16H2,(H,23,24). The van der Waals surface area contributed by atoms with Crippen LogP contribution in [0.5, 0.6) is 0 Å². The molecule has 0 fully saturated rings. The van der Waals surface area contributed by atoms with Crippen LogP contribution in [-0.4, -0.2) is 25.0 Å². The smallest absolute Gasteiger partial charge is 0.318 e. The minimum Gasteiger partial charge on any atom is -0.455 e. The molecule has 1 aromatic heterocycles. The largest absolute Gasteiger partial charge is 0.455 e. The van der Waals surface area contributed by atoms with Crippen LogP contribution in [0.3, 0.4) is 0 Å². The highest BCUT2D eigenvalue weighted by Gasteiger charge is 2.24. The van der Waals surface area contributed by atoms with E-state index >= 15 is 0 Å². The molecule has 3 rings (SSSR count). The fourth-order valence-electron chi connectivity index (χ4n) is 2.81. The van der Waals surface area contributed by atoms with Gasteiger partial charge < -0.3 is 10.1 Å². The minimum atomic E-state index is -0.550. The van der Waals surface area contributed by atoms with E-state index in [1.807, 2.05) is 78.2 Å². The van der Waals surface area contributed by atoms with Crippen LogP contribution < -0.4 is 5.32 Å². The molecule has 0 aliphatic carbocycles. The van der Waals surface area contributed by atoms with Crippen molar-refractivity contribution in [1.29, 1.82) is 0 Å². The summed E-state index contributed by atoms with van der Waals surface area (Å²) in [5, 5.41) is 4.79. The molecule has 3 aromatic rings. The van der Waals surface area contributed by atoms with Crippen LogP contribution in [0.15, 0.2) is 78.2 Å². The van der Waals surface area contributed by atoms with Crippen molar-refractivity contribution in [3.8, 4) is 0 Å². The number of hydrogen-bond donors (Lipinski definition) is 1. The third kappa shape index (κ3) is 5.53. The lowest BCUT2D eigenvalue weighted by Gasteiger charge is -2.17. The Balaban J connectivity index is 1.57. The van der Waals surface area contributed by atoms with E-state index in [1.54, 1.807) is 11.3 Å². The molecule has 0 bridgehead atoms. The van der Waals surface area contributed by atoms with Crippen molar-refractivity contribution in [2.75, 3.05) is 13.2 Å². The highest BCUT2D eigenvalue weighted by molar-refractivity contribution is 7.09. The average Bonchev–Trinajstić information content (AvgIpc) is 3.22. The van der Waals surface area contributed by atoms with Gasteiger partial charge in [0.1, 0.15) is 5.92 Å². The third-order valence-corrected chi connectivity index (χ3v) is 5.06. The molecule has 0 saturated carbocycles. The fourth-order valence-corrected chi connectivity index (χ4v) is 3.52. The van der Waals surface area contributed by atoms with Gasteiger partial charge in [0.2, 0.25) is 0 Å². The van der Waals surface area contributed by atoms with Gasteiger partial charge in [-0.1, -0.05) is 66.7 Å². The Morgan fingerprint density at radius 2 is 1.52 bits per heavy atom. The monoisotopic (exact) mass is 379 g/mol. The number of benzene rings is 2. The molecular formula is C22H21NO3S. The van der Waals surface area contributed by atoms with Crippen LogP contribution >= 0.6 is 11.3 Å². The first-order valence-corrected chi connectivity index (χ1v) is 9.67. The van der Waals surface area contributed by atoms with Crippen LogP contribution in [-0.2, 0) is 20.7 Å². The van der Waals surface area contributed by atoms with Gasteiger partial charge in [0, 0.05) is 11.4 Å². The number of rotatable bonds is 8. The van der Waals surface area contributed by atoms with Crippen LogP contribution in [0.4, 0.5) is 0 Å². The molecule has 0 saturated heterocycles. The van der Waals surface area contributed by atoms with E-state index in [4.69, 9.17) is 4.74 Å². The topological polar surface area (TPSA) is 55.4 Å². The van der Waals surface area contributed by atoms with E-state index in [0.29, 0.717) is 6.54 Å². The van der Waals surface area contributed by atoms with Gasteiger partial charge in [-0.25, -0.2) is 0 Å². The Labute approximate surface area is 162 Å². The fraction of sp³-hybridized carbons (Fsp3) is 0.182. The number of amides is 1. The predicted molar refractivity (Wildman–Crippen MR) is 107 cm³/mol. The molecule has 5 heteroatoms. The van der Waals surface area contributed by atoms with Gasteiger partial charge in [0.25, 0.3) is 5.91 Å². The van der Waals surface area contributed by atoms with Crippen molar-refractivity contribution < 1.29 is 14.3 Å². The molecule has 0 atom stereocenters. The first-order valence-electron chi connectivity index (χ1n) is 8.79. The van der Waals surface area contributed by atoms with Crippen molar-refractivity contribution in [1.82, 2.24) is 5.32 Å². The van der Waals surface area contributed by atoms with Gasteiger partial charge in [0.05, 0.1) is 0 Å². The highest BCUT2D eigenvalue weighted by Crippen LogP contribution is 2.25. The Bertz CT molecular complexity index is 808. The number of esters is 1. The van der Waals surface area contributed by atoms with Crippen molar-refractivity contribution in [3.05, 3.63) is 94.2 Å². The summed E-state index contributed by atoms with van der Waals surface area (Å²) >= 11 is 1.66.